The first-order chi connectivity index (χ1) is 38.2. The van der Waals surface area contributed by atoms with Crippen LogP contribution in [0.5, 0.6) is 0 Å². The van der Waals surface area contributed by atoms with E-state index in [-0.39, 0.29) is 12.8 Å². The molecule has 0 bridgehead atoms. The number of nitrogens with one attached hydrogen (secondary N) is 1. The molecule has 78 heavy (non-hydrogen) atoms. The van der Waals surface area contributed by atoms with Gasteiger partial charge in [0, 0.05) is 0 Å². The fraction of sp³-hybridized carbons (Fsp3) is 0.866. The molecule has 0 radical (unpaired) electrons. The van der Waals surface area contributed by atoms with Gasteiger partial charge in [-0.1, -0.05) is 268 Å². The molecular formula is C67H125NO10. The molecule has 0 aromatic carbocycles. The quantitative estimate of drug-likeness (QED) is 0.0215. The second-order valence-electron chi connectivity index (χ2n) is 23.2. The summed E-state index contributed by atoms with van der Waals surface area (Å²) in [6.07, 6.45) is 60.4. The molecule has 0 aromatic rings. The molecule has 0 saturated carbocycles. The van der Waals surface area contributed by atoms with Crippen molar-refractivity contribution >= 4 is 5.91 Å². The number of aliphatic hydroxyl groups excluding tert-OH is 7. The number of allylic oxidation sites excluding steroid dienone is 8. The van der Waals surface area contributed by atoms with Crippen LogP contribution in [0.1, 0.15) is 303 Å². The van der Waals surface area contributed by atoms with Crippen LogP contribution in [0, 0.1) is 0 Å². The van der Waals surface area contributed by atoms with Gasteiger partial charge in [-0.25, -0.2) is 0 Å². The van der Waals surface area contributed by atoms with Gasteiger partial charge >= 0.3 is 0 Å². The zero-order valence-electron chi connectivity index (χ0n) is 50.4. The minimum atomic E-state index is -1.67. The van der Waals surface area contributed by atoms with Crippen molar-refractivity contribution in [1.82, 2.24) is 5.32 Å². The molecule has 1 aliphatic heterocycles. The molecule has 1 heterocycles. The molecule has 1 aliphatic rings. The summed E-state index contributed by atoms with van der Waals surface area (Å²) in [5.74, 6) is -0.708. The van der Waals surface area contributed by atoms with Crippen LogP contribution in [0.15, 0.2) is 48.6 Å². The lowest BCUT2D eigenvalue weighted by molar-refractivity contribution is -0.303. The molecule has 0 aromatic heterocycles. The van der Waals surface area contributed by atoms with Gasteiger partial charge in [-0.2, -0.15) is 0 Å². The van der Waals surface area contributed by atoms with Crippen molar-refractivity contribution in [2.75, 3.05) is 13.2 Å². The molecule has 1 rings (SSSR count). The molecule has 9 unspecified atom stereocenters. The van der Waals surface area contributed by atoms with E-state index in [0.29, 0.717) is 19.3 Å². The number of carbonyl (C=O) groups excluding carboxylic acids is 1. The zero-order chi connectivity index (χ0) is 56.8. The normalized spacial score (nSPS) is 19.7. The second kappa shape index (κ2) is 55.6. The summed E-state index contributed by atoms with van der Waals surface area (Å²) < 4.78 is 11.2. The molecule has 0 spiro atoms. The number of aliphatic hydroxyl groups is 7. The minimum absolute atomic E-state index is 0.246. The van der Waals surface area contributed by atoms with Gasteiger partial charge in [0.1, 0.15) is 36.6 Å². The third-order valence-electron chi connectivity index (χ3n) is 15.8. The fourth-order valence-corrected chi connectivity index (χ4v) is 10.5. The summed E-state index contributed by atoms with van der Waals surface area (Å²) in [6.45, 7) is 3.47. The summed E-state index contributed by atoms with van der Waals surface area (Å²) in [7, 11) is 0. The predicted molar refractivity (Wildman–Crippen MR) is 325 cm³/mol. The number of unbranched alkanes of at least 4 members (excludes halogenated alkanes) is 37. The third-order valence-corrected chi connectivity index (χ3v) is 15.8. The van der Waals surface area contributed by atoms with Crippen LogP contribution in [-0.2, 0) is 14.3 Å². The van der Waals surface area contributed by atoms with Crippen LogP contribution in [0.25, 0.3) is 0 Å². The Morgan fingerprint density at radius 3 is 1.22 bits per heavy atom. The highest BCUT2D eigenvalue weighted by Crippen LogP contribution is 2.23. The minimum Gasteiger partial charge on any atom is -0.394 e. The summed E-state index contributed by atoms with van der Waals surface area (Å²) in [4.78, 5) is 13.2. The van der Waals surface area contributed by atoms with Crippen molar-refractivity contribution in [3.05, 3.63) is 48.6 Å². The molecule has 11 heteroatoms. The highest BCUT2D eigenvalue weighted by atomic mass is 16.7. The van der Waals surface area contributed by atoms with E-state index in [1.807, 2.05) is 0 Å². The monoisotopic (exact) mass is 1100 g/mol. The van der Waals surface area contributed by atoms with E-state index in [4.69, 9.17) is 9.47 Å². The first kappa shape index (κ1) is 74.1. The molecule has 9 atom stereocenters. The maximum atomic E-state index is 13.2. The maximum absolute atomic E-state index is 13.2. The average molecular weight is 1100 g/mol. The summed E-state index contributed by atoms with van der Waals surface area (Å²) >= 11 is 0. The van der Waals surface area contributed by atoms with E-state index in [2.05, 4.69) is 67.8 Å². The van der Waals surface area contributed by atoms with E-state index in [9.17, 15) is 40.5 Å². The summed E-state index contributed by atoms with van der Waals surface area (Å²) in [6, 6.07) is -1.19. The van der Waals surface area contributed by atoms with Gasteiger partial charge in [-0.05, 0) is 83.5 Å². The zero-order valence-corrected chi connectivity index (χ0v) is 50.4. The standard InChI is InChI=1S/C67H125NO10/c1-3-5-7-9-11-13-15-17-19-21-23-25-26-27-28-29-30-31-32-33-35-37-39-41-43-45-47-49-51-53-55-60(71)66(76)68-58(57-77-67-65(75)64(74)63(73)61(56-69)78-67)62(72)59(70)54-52-50-48-46-44-42-40-38-36-34-24-22-20-18-16-14-12-10-8-6-4-2/h23,25,27-28,38,40,46,48,58-65,67,69-75H,3-22,24,26,29-37,39,41-45,47,49-57H2,1-2H3,(H,68,76)/b25-23-,28-27-,40-38+,48-46+. The largest absolute Gasteiger partial charge is 0.394 e. The maximum Gasteiger partial charge on any atom is 0.249 e. The van der Waals surface area contributed by atoms with Gasteiger partial charge in [0.05, 0.1) is 25.4 Å². The van der Waals surface area contributed by atoms with Crippen LogP contribution in [0.2, 0.25) is 0 Å². The van der Waals surface area contributed by atoms with E-state index in [0.717, 1.165) is 44.9 Å². The van der Waals surface area contributed by atoms with Crippen molar-refractivity contribution in [1.29, 1.82) is 0 Å². The van der Waals surface area contributed by atoms with Gasteiger partial charge in [0.15, 0.2) is 6.29 Å². The number of amides is 1. The predicted octanol–water partition coefficient (Wildman–Crippen LogP) is 15.2. The van der Waals surface area contributed by atoms with E-state index >= 15 is 0 Å². The second-order valence-corrected chi connectivity index (χ2v) is 23.2. The molecule has 0 aliphatic carbocycles. The first-order valence-electron chi connectivity index (χ1n) is 33.0. The van der Waals surface area contributed by atoms with Gasteiger partial charge in [-0.15, -0.1) is 0 Å². The summed E-state index contributed by atoms with van der Waals surface area (Å²) in [5, 5.41) is 76.3. The number of carbonyl (C=O) groups is 1. The van der Waals surface area contributed by atoms with Crippen molar-refractivity contribution < 1.29 is 50.0 Å². The Kier molecular flexibility index (Phi) is 52.8. The molecular weight excluding hydrogens is 979 g/mol. The SMILES string of the molecule is CCCCCCCCCCC/C=C\C/C=C\CCCCCCCCCCCCCCCCC(O)C(=O)NC(COC1OC(CO)C(O)C(O)C1O)C(O)C(O)CCC/C=C/CC/C=C/CCCCCCCCCCCCCC. The highest BCUT2D eigenvalue weighted by Gasteiger charge is 2.44. The van der Waals surface area contributed by atoms with Crippen LogP contribution in [0.3, 0.4) is 0 Å². The van der Waals surface area contributed by atoms with Crippen LogP contribution >= 0.6 is 0 Å². The number of rotatable bonds is 57. The smallest absolute Gasteiger partial charge is 0.249 e. The Morgan fingerprint density at radius 1 is 0.449 bits per heavy atom. The Labute approximate surface area is 479 Å². The molecule has 1 fully saturated rings. The van der Waals surface area contributed by atoms with Gasteiger partial charge in [0.25, 0.3) is 0 Å². The Morgan fingerprint density at radius 2 is 0.808 bits per heavy atom. The van der Waals surface area contributed by atoms with Gasteiger partial charge in [-0.3, -0.25) is 4.79 Å². The lowest BCUT2D eigenvalue weighted by Crippen LogP contribution is -2.60. The Balaban J connectivity index is 2.25. The third kappa shape index (κ3) is 42.8. The van der Waals surface area contributed by atoms with Crippen LogP contribution < -0.4 is 5.32 Å². The number of hydrogen-bond donors (Lipinski definition) is 8. The lowest BCUT2D eigenvalue weighted by atomic mass is 9.98. The van der Waals surface area contributed by atoms with Crippen LogP contribution in [-0.4, -0.2) is 110 Å². The van der Waals surface area contributed by atoms with Crippen LogP contribution in [0.4, 0.5) is 0 Å². The van der Waals surface area contributed by atoms with Crippen molar-refractivity contribution in [3.63, 3.8) is 0 Å². The molecule has 1 saturated heterocycles. The Hall–Kier alpha value is -1.93. The fourth-order valence-electron chi connectivity index (χ4n) is 10.5. The van der Waals surface area contributed by atoms with E-state index < -0.39 is 74.2 Å². The molecule has 1 amide bonds. The lowest BCUT2D eigenvalue weighted by Gasteiger charge is -2.40. The molecule has 8 N–H and O–H groups in total. The molecule has 11 nitrogen and oxygen atoms in total. The van der Waals surface area contributed by atoms with Crippen molar-refractivity contribution in [2.24, 2.45) is 0 Å². The van der Waals surface area contributed by atoms with Gasteiger partial charge < -0.3 is 50.5 Å². The Bertz CT molecular complexity index is 1410. The number of hydrogen-bond acceptors (Lipinski definition) is 10. The van der Waals surface area contributed by atoms with E-state index in [1.54, 1.807) is 0 Å². The molecule has 458 valence electrons. The highest BCUT2D eigenvalue weighted by molar-refractivity contribution is 5.80. The average Bonchev–Trinajstić information content (AvgIpc) is 3.46. The van der Waals surface area contributed by atoms with Crippen molar-refractivity contribution in [2.45, 2.75) is 358 Å². The topological polar surface area (TPSA) is 189 Å². The van der Waals surface area contributed by atoms with Gasteiger partial charge in [0.2, 0.25) is 5.91 Å². The van der Waals surface area contributed by atoms with Crippen molar-refractivity contribution in [3.8, 4) is 0 Å². The summed E-state index contributed by atoms with van der Waals surface area (Å²) in [5.41, 5.74) is 0. The first-order valence-corrected chi connectivity index (χ1v) is 33.0. The van der Waals surface area contributed by atoms with E-state index in [1.165, 1.54) is 212 Å². The number of ether oxygens (including phenoxy) is 2.